The smallest absolute Gasteiger partial charge is 0.411 e. The Morgan fingerprint density at radius 3 is 1.00 bits per heavy atom. The molecule has 3 aliphatic heterocycles. The molecule has 0 spiro atoms. The average Bonchev–Trinajstić information content (AvgIpc) is 1.51. The second kappa shape index (κ2) is 41.0. The number of benzene rings is 3. The molecule has 3 N–H and O–H groups in total. The van der Waals surface area contributed by atoms with Gasteiger partial charge in [-0.05, 0) is 175 Å². The van der Waals surface area contributed by atoms with Gasteiger partial charge in [-0.2, -0.15) is 39.5 Å². The zero-order valence-electron chi connectivity index (χ0n) is 77.5. The molecule has 0 bridgehead atoms. The summed E-state index contributed by atoms with van der Waals surface area (Å²) in [5.74, 6) is -8.38. The van der Waals surface area contributed by atoms with Gasteiger partial charge in [0.1, 0.15) is 76.3 Å². The van der Waals surface area contributed by atoms with Crippen molar-refractivity contribution in [2.45, 2.75) is 136 Å². The fourth-order valence-electron chi connectivity index (χ4n) is 17.3. The molecule has 31 nitrogen and oxygen atoms in total. The van der Waals surface area contributed by atoms with Crippen LogP contribution in [0.5, 0.6) is 0 Å². The first kappa shape index (κ1) is 101. The number of ether oxygens (including phenoxy) is 6. The van der Waals surface area contributed by atoms with Crippen LogP contribution in [-0.2, 0) is 83.2 Å². The third-order valence-electron chi connectivity index (χ3n) is 24.9. The van der Waals surface area contributed by atoms with Crippen LogP contribution in [0.3, 0.4) is 0 Å². The monoisotopic (exact) mass is 1930 g/mol. The van der Waals surface area contributed by atoms with Crippen LogP contribution in [0.25, 0.3) is 50.5 Å². The van der Waals surface area contributed by atoms with Crippen molar-refractivity contribution in [1.82, 2.24) is 62.8 Å². The van der Waals surface area contributed by atoms with Gasteiger partial charge in [0.25, 0.3) is 34.4 Å². The van der Waals surface area contributed by atoms with E-state index in [9.17, 15) is 82.7 Å². The molecule has 3 aromatic carbocycles. The molecule has 43 heteroatoms. The van der Waals surface area contributed by atoms with E-state index in [1.807, 2.05) is 39.8 Å². The third-order valence-corrected chi connectivity index (χ3v) is 24.9. The van der Waals surface area contributed by atoms with Crippen molar-refractivity contribution < 1.29 is 110 Å². The van der Waals surface area contributed by atoms with Gasteiger partial charge in [-0.1, -0.05) is 0 Å². The van der Waals surface area contributed by atoms with E-state index in [0.29, 0.717) is 73.2 Å². The number of methoxy groups -OCH3 is 3. The number of alkyl halides is 9. The summed E-state index contributed by atoms with van der Waals surface area (Å²) in [5.41, 5.74) is 8.31. The number of nitrogens with one attached hydrogen (secondary N) is 3. The van der Waals surface area contributed by atoms with E-state index in [1.165, 1.54) is 49.7 Å². The fraction of sp³-hybridized carbons (Fsp3) is 0.379. The summed E-state index contributed by atoms with van der Waals surface area (Å²) in [5, 5.41) is 7.57. The van der Waals surface area contributed by atoms with Crippen molar-refractivity contribution >= 4 is 69.6 Å². The summed E-state index contributed by atoms with van der Waals surface area (Å²) < 4.78 is 208. The molecule has 15 rings (SSSR count). The topological polar surface area (TPSA) is 334 Å². The van der Waals surface area contributed by atoms with Gasteiger partial charge >= 0.3 is 36.4 Å². The number of aryl methyl sites for hydroxylation is 8. The van der Waals surface area contributed by atoms with E-state index in [1.54, 1.807) is 125 Å². The van der Waals surface area contributed by atoms with Gasteiger partial charge in [0.2, 0.25) is 0 Å². The normalized spacial score (nSPS) is 16.0. The summed E-state index contributed by atoms with van der Waals surface area (Å²) in [6.07, 6.45) is -4.59. The highest BCUT2D eigenvalue weighted by molar-refractivity contribution is 6.01. The number of fused-ring (bicyclic) bond motifs is 3. The number of hydrogen-bond donors (Lipinski definition) is 3. The minimum absolute atomic E-state index is 0.0271. The molecule has 12 aromatic rings. The molecule has 3 saturated heterocycles. The number of morpholine rings is 3. The van der Waals surface area contributed by atoms with Crippen LogP contribution in [0.1, 0.15) is 98.7 Å². The lowest BCUT2D eigenvalue weighted by Gasteiger charge is -2.38. The second-order valence-corrected chi connectivity index (χ2v) is 33.6. The molecule has 3 aliphatic rings. The lowest BCUT2D eigenvalue weighted by molar-refractivity contribution is -0.167. The SMILES string of the molecule is COC(=O)[C@H](Cc1ccc(-c2c(C)cc(C)n(C)c2=O)c2nccn12)NC(=O)c1c(C)cc(N2CCOC[C@@H]2C(F)(F)F)cc1F.COC(=O)[C@H](Cc1ccc(-c2c(C)cc(C)n(C)c2=O)c2nccn12)NC(=O)c1c(C)cc(N2CCOC[C@@H]2C(F)(F)F)cc1F.COC(=O)[C@H](Cc1ccc(-c2nc(C)c(C)n(C)c2=O)c2nccn12)NC(=O)c1c(C)cc(N2CCOC[C@@H]2C(F)(F)F)cc1F. The van der Waals surface area contributed by atoms with E-state index in [2.05, 4.69) is 35.9 Å². The molecule has 6 atom stereocenters. The first-order valence-electron chi connectivity index (χ1n) is 43.2. The predicted molar refractivity (Wildman–Crippen MR) is 482 cm³/mol. The van der Waals surface area contributed by atoms with Crippen LogP contribution < -0.4 is 47.3 Å². The third kappa shape index (κ3) is 20.9. The standard InChI is InChI=1S/2C32H33F4N5O5.C31H32F4N6O5/c2*1-17-12-19(3)39(4)30(43)26(17)22-7-6-20(41-9-8-37-28(22)41)15-24(31(44)45-5)38-29(42)27-18(2)13-21(14-23(27)33)40-10-11-46-16-25(40)32(34,35)36;1-16-12-20(40-10-11-46-15-24(40)31(33,34)35)13-22(32)25(16)28(42)38-23(30(44)45-5)14-19-6-7-21(27-36-8-9-41(19)27)26-29(43)39(4)18(3)17(2)37-26/h2*6-9,12-14,24-25H,10-11,15-16H2,1-5H3,(H,38,42);6-9,12-13,23-24H,10-11,14-15H2,1-5H3,(H,38,42)/t2*24-,25+;23-,24+/m000/s1. The van der Waals surface area contributed by atoms with Crippen LogP contribution in [0.2, 0.25) is 0 Å². The summed E-state index contributed by atoms with van der Waals surface area (Å²) in [6, 6.07) is 10.8. The molecular weight excluding hydrogens is 1830 g/mol. The summed E-state index contributed by atoms with van der Waals surface area (Å²) >= 11 is 0. The first-order valence-corrected chi connectivity index (χ1v) is 43.2. The summed E-state index contributed by atoms with van der Waals surface area (Å²) in [6.45, 7) is 13.1. The number of pyridine rings is 5. The molecule has 0 radical (unpaired) electrons. The van der Waals surface area contributed by atoms with Crippen LogP contribution in [0.15, 0.2) is 136 Å². The minimum Gasteiger partial charge on any atom is -0.467 e. The summed E-state index contributed by atoms with van der Waals surface area (Å²) in [7, 11) is 8.44. The van der Waals surface area contributed by atoms with Crippen molar-refractivity contribution in [3.63, 3.8) is 0 Å². The maximum absolute atomic E-state index is 15.4. The second-order valence-electron chi connectivity index (χ2n) is 33.6. The van der Waals surface area contributed by atoms with Crippen LogP contribution >= 0.6 is 0 Å². The number of rotatable bonds is 21. The van der Waals surface area contributed by atoms with Gasteiger partial charge in [0, 0.05) is 165 Å². The number of hydrogen-bond acceptors (Lipinski definition) is 22. The molecule has 0 unspecified atom stereocenters. The molecule has 732 valence electrons. The van der Waals surface area contributed by atoms with Gasteiger partial charge in [-0.3, -0.25) is 28.8 Å². The van der Waals surface area contributed by atoms with Gasteiger partial charge in [0.05, 0.1) is 94.5 Å². The molecule has 3 amide bonds. The molecule has 3 fully saturated rings. The Morgan fingerprint density at radius 1 is 0.413 bits per heavy atom. The molecule has 9 aromatic heterocycles. The highest BCUT2D eigenvalue weighted by atomic mass is 19.4. The Balaban J connectivity index is 0.000000175. The number of esters is 3. The van der Waals surface area contributed by atoms with Crippen molar-refractivity contribution in [3.8, 4) is 33.5 Å². The zero-order chi connectivity index (χ0) is 100. The molecule has 138 heavy (non-hydrogen) atoms. The number of nitrogens with zero attached hydrogens (tertiary/aromatic N) is 13. The number of aromatic nitrogens is 10. The van der Waals surface area contributed by atoms with Crippen LogP contribution in [0, 0.1) is 79.8 Å². The van der Waals surface area contributed by atoms with Crippen molar-refractivity contribution in [3.05, 3.63) is 255 Å². The van der Waals surface area contributed by atoms with Gasteiger partial charge in [0.15, 0.2) is 0 Å². The fourth-order valence-corrected chi connectivity index (χ4v) is 17.3. The van der Waals surface area contributed by atoms with Gasteiger partial charge < -0.3 is 86.0 Å². The van der Waals surface area contributed by atoms with E-state index >= 15 is 13.2 Å². The van der Waals surface area contributed by atoms with Crippen molar-refractivity contribution in [2.24, 2.45) is 21.1 Å². The number of carbonyl (C=O) groups excluding carboxylic acids is 6. The Morgan fingerprint density at radius 2 is 0.710 bits per heavy atom. The Bertz CT molecular complexity index is 6600. The molecule has 12 heterocycles. The summed E-state index contributed by atoms with van der Waals surface area (Å²) in [4.78, 5) is 139. The lowest BCUT2D eigenvalue weighted by Crippen LogP contribution is -2.53. The highest BCUT2D eigenvalue weighted by Crippen LogP contribution is 2.39. The maximum atomic E-state index is 15.4. The van der Waals surface area contributed by atoms with Gasteiger partial charge in [-0.15, -0.1) is 0 Å². The predicted octanol–water partition coefficient (Wildman–Crippen LogP) is 11.5. The Hall–Kier alpha value is -14.2. The van der Waals surface area contributed by atoms with Crippen LogP contribution in [0.4, 0.5) is 69.7 Å². The zero-order valence-corrected chi connectivity index (χ0v) is 77.5. The number of amides is 3. The highest BCUT2D eigenvalue weighted by Gasteiger charge is 2.49. The van der Waals surface area contributed by atoms with E-state index in [-0.39, 0.29) is 115 Å². The number of carbonyl (C=O) groups is 6. The molecular formula is C95H98F12N16O15. The van der Waals surface area contributed by atoms with Crippen molar-refractivity contribution in [2.75, 3.05) is 95.3 Å². The maximum Gasteiger partial charge on any atom is 0.411 e. The number of halogens is 12. The number of imidazole rings is 3. The van der Waals surface area contributed by atoms with Crippen LogP contribution in [-0.4, -0.2) is 218 Å². The molecule has 0 saturated carbocycles. The quantitative estimate of drug-likeness (QED) is 0.0342. The minimum atomic E-state index is -4.61. The Labute approximate surface area is 780 Å². The van der Waals surface area contributed by atoms with Gasteiger partial charge in [-0.25, -0.2) is 47.5 Å². The molecule has 0 aliphatic carbocycles. The van der Waals surface area contributed by atoms with Crippen molar-refractivity contribution in [1.29, 1.82) is 0 Å². The number of anilines is 3. The first-order chi connectivity index (χ1) is 65.2. The van der Waals surface area contributed by atoms with E-state index in [4.69, 9.17) is 28.4 Å². The average molecular weight is 1930 g/mol. The Kier molecular flexibility index (Phi) is 30.1. The van der Waals surface area contributed by atoms with E-state index < -0.39 is 144 Å². The van der Waals surface area contributed by atoms with E-state index in [0.717, 1.165) is 76.7 Å². The lowest BCUT2D eigenvalue weighted by atomic mass is 10.0. The largest absolute Gasteiger partial charge is 0.467 e.